The highest BCUT2D eigenvalue weighted by Gasteiger charge is 2.27. The first-order chi connectivity index (χ1) is 9.37. The minimum Gasteiger partial charge on any atom is -0.369 e. The van der Waals surface area contributed by atoms with Crippen LogP contribution in [0.15, 0.2) is 0 Å². The molecular formula is C12H17F3IN3O. The van der Waals surface area contributed by atoms with Gasteiger partial charge in [-0.05, 0) is 35.4 Å². The largest absolute Gasteiger partial charge is 0.411 e. The van der Waals surface area contributed by atoms with Crippen molar-refractivity contribution in [2.24, 2.45) is 0 Å². The molecule has 20 heavy (non-hydrogen) atoms. The van der Waals surface area contributed by atoms with E-state index in [1.54, 1.807) is 0 Å². The van der Waals surface area contributed by atoms with E-state index >= 15 is 0 Å². The normalized spacial score (nSPS) is 11.7. The number of ether oxygens (including phenoxy) is 1. The Morgan fingerprint density at radius 2 is 1.95 bits per heavy atom. The average molecular weight is 403 g/mol. The lowest BCUT2D eigenvalue weighted by Crippen LogP contribution is -2.18. The molecule has 0 aliphatic rings. The zero-order chi connectivity index (χ0) is 15.2. The lowest BCUT2D eigenvalue weighted by molar-refractivity contribution is -0.177. The molecule has 114 valence electrons. The molecule has 0 atom stereocenters. The molecule has 0 radical (unpaired) electrons. The van der Waals surface area contributed by atoms with Gasteiger partial charge < -0.3 is 10.1 Å². The van der Waals surface area contributed by atoms with Crippen molar-refractivity contribution in [1.82, 2.24) is 9.97 Å². The highest BCUT2D eigenvalue weighted by Crippen LogP contribution is 2.21. The maximum Gasteiger partial charge on any atom is 0.411 e. The second-order valence-corrected chi connectivity index (χ2v) is 5.22. The second-order valence-electron chi connectivity index (χ2n) is 4.14. The van der Waals surface area contributed by atoms with Gasteiger partial charge in [0.15, 0.2) is 5.82 Å². The van der Waals surface area contributed by atoms with Crippen molar-refractivity contribution in [3.05, 3.63) is 15.1 Å². The molecule has 0 saturated carbocycles. The van der Waals surface area contributed by atoms with E-state index in [0.29, 0.717) is 12.2 Å². The molecule has 4 nitrogen and oxygen atoms in total. The number of halogens is 4. The van der Waals surface area contributed by atoms with Crippen LogP contribution in [0.1, 0.15) is 31.8 Å². The minimum atomic E-state index is -4.33. The summed E-state index contributed by atoms with van der Waals surface area (Å²) in [5, 5.41) is 3.15. The van der Waals surface area contributed by atoms with Gasteiger partial charge in [-0.25, -0.2) is 9.97 Å². The van der Waals surface area contributed by atoms with Crippen LogP contribution in [0.3, 0.4) is 0 Å². The third-order valence-electron chi connectivity index (χ3n) is 2.34. The van der Waals surface area contributed by atoms with E-state index < -0.39 is 12.8 Å². The van der Waals surface area contributed by atoms with Crippen LogP contribution >= 0.6 is 22.6 Å². The van der Waals surface area contributed by atoms with E-state index in [1.807, 2.05) is 13.8 Å². The molecule has 0 aromatic carbocycles. The summed E-state index contributed by atoms with van der Waals surface area (Å²) in [6.07, 6.45) is -2.71. The number of hydrogen-bond donors (Lipinski definition) is 1. The summed E-state index contributed by atoms with van der Waals surface area (Å²) in [6.45, 7) is 3.17. The molecule has 0 aliphatic heterocycles. The monoisotopic (exact) mass is 403 g/mol. The first-order valence-electron chi connectivity index (χ1n) is 6.31. The van der Waals surface area contributed by atoms with Crippen LogP contribution in [0.2, 0.25) is 0 Å². The standard InChI is InChI=1S/C12H17F3IN3O/c1-3-5-17-11-10(16)8(4-2)18-9(19-11)6-20-7-12(13,14)15/h3-7H2,1-2H3,(H,17,18,19). The Kier molecular flexibility index (Phi) is 6.93. The van der Waals surface area contributed by atoms with Gasteiger partial charge in [-0.3, -0.25) is 0 Å². The van der Waals surface area contributed by atoms with Crippen LogP contribution in [0.5, 0.6) is 0 Å². The molecule has 0 amide bonds. The van der Waals surface area contributed by atoms with Gasteiger partial charge >= 0.3 is 6.18 Å². The summed E-state index contributed by atoms with van der Waals surface area (Å²) < 4.78 is 41.6. The number of alkyl halides is 3. The first kappa shape index (κ1) is 17.4. The van der Waals surface area contributed by atoms with E-state index in [-0.39, 0.29) is 12.4 Å². The number of nitrogens with one attached hydrogen (secondary N) is 1. The summed E-state index contributed by atoms with van der Waals surface area (Å²) in [5.74, 6) is 0.926. The van der Waals surface area contributed by atoms with Gasteiger partial charge in [-0.2, -0.15) is 13.2 Å². The van der Waals surface area contributed by atoms with Gasteiger partial charge in [0.1, 0.15) is 19.0 Å². The Balaban J connectivity index is 2.80. The molecule has 1 heterocycles. The third-order valence-corrected chi connectivity index (χ3v) is 3.47. The van der Waals surface area contributed by atoms with Crippen LogP contribution in [0.4, 0.5) is 19.0 Å². The van der Waals surface area contributed by atoms with E-state index in [9.17, 15) is 13.2 Å². The maximum absolute atomic E-state index is 12.0. The van der Waals surface area contributed by atoms with Crippen LogP contribution in [-0.2, 0) is 17.8 Å². The second kappa shape index (κ2) is 7.96. The van der Waals surface area contributed by atoms with Gasteiger partial charge in [0.2, 0.25) is 0 Å². The SMILES string of the molecule is CCCNc1nc(COCC(F)(F)F)nc(CC)c1I. The summed E-state index contributed by atoms with van der Waals surface area (Å²) in [7, 11) is 0. The topological polar surface area (TPSA) is 47.0 Å². The molecule has 0 unspecified atom stereocenters. The molecule has 0 bridgehead atoms. The Hall–Kier alpha value is -0.640. The van der Waals surface area contributed by atoms with Crippen LogP contribution in [-0.4, -0.2) is 29.3 Å². The molecular weight excluding hydrogens is 386 g/mol. The molecule has 0 aliphatic carbocycles. The van der Waals surface area contributed by atoms with Gasteiger partial charge in [-0.1, -0.05) is 13.8 Å². The maximum atomic E-state index is 12.0. The number of anilines is 1. The Morgan fingerprint density at radius 1 is 1.25 bits per heavy atom. The van der Waals surface area contributed by atoms with Gasteiger partial charge in [0, 0.05) is 6.54 Å². The highest BCUT2D eigenvalue weighted by atomic mass is 127. The summed E-state index contributed by atoms with van der Waals surface area (Å²) in [5.41, 5.74) is 0.810. The van der Waals surface area contributed by atoms with E-state index in [1.165, 1.54) is 0 Å². The van der Waals surface area contributed by atoms with Crippen LogP contribution < -0.4 is 5.32 Å². The quantitative estimate of drug-likeness (QED) is 0.708. The molecule has 1 aromatic rings. The molecule has 8 heteroatoms. The molecule has 1 rings (SSSR count). The van der Waals surface area contributed by atoms with Crippen molar-refractivity contribution in [2.75, 3.05) is 18.5 Å². The number of rotatable bonds is 7. The third kappa shape index (κ3) is 5.78. The van der Waals surface area contributed by atoms with Crippen molar-refractivity contribution < 1.29 is 17.9 Å². The first-order valence-corrected chi connectivity index (χ1v) is 7.38. The Bertz CT molecular complexity index is 441. The fourth-order valence-electron chi connectivity index (χ4n) is 1.46. The zero-order valence-electron chi connectivity index (χ0n) is 11.4. The van der Waals surface area contributed by atoms with E-state index in [0.717, 1.165) is 22.2 Å². The summed E-state index contributed by atoms with van der Waals surface area (Å²) >= 11 is 2.14. The van der Waals surface area contributed by atoms with E-state index in [4.69, 9.17) is 0 Å². The van der Waals surface area contributed by atoms with Crippen molar-refractivity contribution >= 4 is 28.4 Å². The van der Waals surface area contributed by atoms with Crippen molar-refractivity contribution in [3.63, 3.8) is 0 Å². The zero-order valence-corrected chi connectivity index (χ0v) is 13.5. The predicted molar refractivity (Wildman–Crippen MR) is 78.6 cm³/mol. The van der Waals surface area contributed by atoms with Crippen molar-refractivity contribution in [2.45, 2.75) is 39.5 Å². The van der Waals surface area contributed by atoms with E-state index in [2.05, 4.69) is 42.6 Å². The fraction of sp³-hybridized carbons (Fsp3) is 0.667. The summed E-state index contributed by atoms with van der Waals surface area (Å²) in [6, 6.07) is 0. The number of aromatic nitrogens is 2. The summed E-state index contributed by atoms with van der Waals surface area (Å²) in [4.78, 5) is 8.44. The van der Waals surface area contributed by atoms with Gasteiger partial charge in [0.25, 0.3) is 0 Å². The lowest BCUT2D eigenvalue weighted by atomic mass is 10.3. The van der Waals surface area contributed by atoms with Crippen molar-refractivity contribution in [3.8, 4) is 0 Å². The molecule has 1 N–H and O–H groups in total. The highest BCUT2D eigenvalue weighted by molar-refractivity contribution is 14.1. The Labute approximate surface area is 129 Å². The van der Waals surface area contributed by atoms with Gasteiger partial charge in [0.05, 0.1) is 9.26 Å². The predicted octanol–water partition coefficient (Wildman–Crippen LogP) is 3.54. The molecule has 0 spiro atoms. The lowest BCUT2D eigenvalue weighted by Gasteiger charge is -2.12. The number of aryl methyl sites for hydroxylation is 1. The van der Waals surface area contributed by atoms with Crippen LogP contribution in [0.25, 0.3) is 0 Å². The number of hydrogen-bond acceptors (Lipinski definition) is 4. The molecule has 0 saturated heterocycles. The van der Waals surface area contributed by atoms with Crippen molar-refractivity contribution in [1.29, 1.82) is 0 Å². The average Bonchev–Trinajstić information content (AvgIpc) is 2.37. The smallest absolute Gasteiger partial charge is 0.369 e. The number of nitrogens with zero attached hydrogens (tertiary/aromatic N) is 2. The fourth-order valence-corrected chi connectivity index (χ4v) is 2.28. The minimum absolute atomic E-state index is 0.246. The van der Waals surface area contributed by atoms with Crippen LogP contribution in [0, 0.1) is 3.57 Å². The molecule has 1 aromatic heterocycles. The molecule has 0 fully saturated rings. The van der Waals surface area contributed by atoms with Gasteiger partial charge in [-0.15, -0.1) is 0 Å². The Morgan fingerprint density at radius 3 is 2.50 bits per heavy atom.